The Hall–Kier alpha value is -3.32. The molecular weight excluding hydrogens is 609 g/mol. The van der Waals surface area contributed by atoms with Crippen LogP contribution in [0.25, 0.3) is 0 Å². The fourth-order valence-corrected chi connectivity index (χ4v) is 5.16. The fourth-order valence-electron chi connectivity index (χ4n) is 3.36. The lowest BCUT2D eigenvalue weighted by Gasteiger charge is -2.24. The number of ether oxygens (including phenoxy) is 3. The molecule has 11 heteroatoms. The van der Waals surface area contributed by atoms with Crippen molar-refractivity contribution in [2.45, 2.75) is 18.7 Å². The van der Waals surface area contributed by atoms with Crippen LogP contribution in [0.15, 0.2) is 76.7 Å². The number of hydrazone groups is 1. The number of benzene rings is 3. The van der Waals surface area contributed by atoms with E-state index in [1.807, 2.05) is 31.2 Å². The van der Waals surface area contributed by atoms with Crippen LogP contribution in [0, 0.1) is 3.57 Å². The van der Waals surface area contributed by atoms with E-state index in [1.165, 1.54) is 32.4 Å². The number of sulfonamides is 1. The van der Waals surface area contributed by atoms with Gasteiger partial charge in [0.2, 0.25) is 0 Å². The first kappa shape index (κ1) is 28.3. The van der Waals surface area contributed by atoms with Crippen LogP contribution < -0.4 is 23.9 Å². The molecule has 0 aliphatic carbocycles. The zero-order valence-electron chi connectivity index (χ0n) is 20.9. The molecular formula is C26H28IN3O6S. The first-order valence-corrected chi connectivity index (χ1v) is 13.8. The number of rotatable bonds is 11. The molecule has 3 aromatic carbocycles. The minimum absolute atomic E-state index is 0.0644. The average molecular weight is 637 g/mol. The van der Waals surface area contributed by atoms with Gasteiger partial charge in [-0.05, 0) is 90.5 Å². The van der Waals surface area contributed by atoms with Crippen LogP contribution in [0.5, 0.6) is 17.2 Å². The van der Waals surface area contributed by atoms with Gasteiger partial charge in [-0.1, -0.05) is 12.1 Å². The first-order valence-electron chi connectivity index (χ1n) is 11.3. The molecule has 0 saturated carbocycles. The average Bonchev–Trinajstić information content (AvgIpc) is 2.91. The van der Waals surface area contributed by atoms with E-state index < -0.39 is 22.5 Å². The lowest BCUT2D eigenvalue weighted by atomic mass is 10.1. The van der Waals surface area contributed by atoms with Gasteiger partial charge in [0.25, 0.3) is 15.9 Å². The number of hydrogen-bond acceptors (Lipinski definition) is 7. The van der Waals surface area contributed by atoms with Gasteiger partial charge in [-0.3, -0.25) is 9.10 Å². The van der Waals surface area contributed by atoms with Crippen molar-refractivity contribution in [2.24, 2.45) is 5.10 Å². The number of methoxy groups -OCH3 is 2. The van der Waals surface area contributed by atoms with E-state index in [-0.39, 0.29) is 16.3 Å². The van der Waals surface area contributed by atoms with Crippen LogP contribution in [0.4, 0.5) is 5.69 Å². The van der Waals surface area contributed by atoms with Gasteiger partial charge in [-0.2, -0.15) is 5.10 Å². The fraction of sp³-hybridized carbons (Fsp3) is 0.231. The highest BCUT2D eigenvalue weighted by Crippen LogP contribution is 2.32. The summed E-state index contributed by atoms with van der Waals surface area (Å²) >= 11 is 2.20. The summed E-state index contributed by atoms with van der Waals surface area (Å²) in [4.78, 5) is 12.8. The van der Waals surface area contributed by atoms with Crippen molar-refractivity contribution in [3.8, 4) is 17.2 Å². The predicted octanol–water partition coefficient (Wildman–Crippen LogP) is 4.44. The number of anilines is 1. The molecule has 3 rings (SSSR count). The Balaban J connectivity index is 1.93. The van der Waals surface area contributed by atoms with Gasteiger partial charge in [-0.25, -0.2) is 13.8 Å². The minimum Gasteiger partial charge on any atom is -0.494 e. The molecule has 1 amide bonds. The highest BCUT2D eigenvalue weighted by atomic mass is 127. The number of nitrogens with one attached hydrogen (secondary N) is 1. The maximum atomic E-state index is 13.7. The van der Waals surface area contributed by atoms with Gasteiger partial charge in [0, 0.05) is 9.64 Å². The van der Waals surface area contributed by atoms with Gasteiger partial charge < -0.3 is 14.2 Å². The molecule has 9 nitrogen and oxygen atoms in total. The van der Waals surface area contributed by atoms with E-state index in [0.717, 1.165) is 13.4 Å². The Morgan fingerprint density at radius 3 is 2.22 bits per heavy atom. The van der Waals surface area contributed by atoms with Crippen LogP contribution in [0.1, 0.15) is 19.4 Å². The summed E-state index contributed by atoms with van der Waals surface area (Å²) in [7, 11) is -1.30. The van der Waals surface area contributed by atoms with E-state index in [0.29, 0.717) is 23.8 Å². The summed E-state index contributed by atoms with van der Waals surface area (Å²) in [6, 6.07) is 18.3. The monoisotopic (exact) mass is 637 g/mol. The number of nitrogens with zero attached hydrogens (tertiary/aromatic N) is 2. The van der Waals surface area contributed by atoms with E-state index in [9.17, 15) is 13.2 Å². The summed E-state index contributed by atoms with van der Waals surface area (Å²) in [6.45, 7) is 3.57. The Bertz CT molecular complexity index is 1360. The van der Waals surface area contributed by atoms with Gasteiger partial charge >= 0.3 is 0 Å². The van der Waals surface area contributed by atoms with E-state index >= 15 is 0 Å². The van der Waals surface area contributed by atoms with Crippen molar-refractivity contribution in [3.05, 3.63) is 75.9 Å². The van der Waals surface area contributed by atoms with Gasteiger partial charge in [0.1, 0.15) is 12.3 Å². The first-order chi connectivity index (χ1) is 17.7. The molecule has 0 fully saturated rings. The van der Waals surface area contributed by atoms with Crippen molar-refractivity contribution in [1.82, 2.24) is 5.43 Å². The normalized spacial score (nSPS) is 11.5. The van der Waals surface area contributed by atoms with Crippen LogP contribution in [-0.2, 0) is 14.8 Å². The molecule has 0 saturated heterocycles. The molecule has 0 aliphatic heterocycles. The molecule has 0 atom stereocenters. The zero-order chi connectivity index (χ0) is 27.0. The zero-order valence-corrected chi connectivity index (χ0v) is 23.9. The molecule has 1 N–H and O–H groups in total. The highest BCUT2D eigenvalue weighted by Gasteiger charge is 2.28. The molecule has 0 aromatic heterocycles. The number of hydrogen-bond donors (Lipinski definition) is 1. The Morgan fingerprint density at radius 1 is 0.973 bits per heavy atom. The van der Waals surface area contributed by atoms with Crippen LogP contribution in [0.3, 0.4) is 0 Å². The summed E-state index contributed by atoms with van der Waals surface area (Å²) in [6.07, 6.45) is 0. The number of halogens is 1. The Kier molecular flexibility index (Phi) is 9.75. The summed E-state index contributed by atoms with van der Waals surface area (Å²) in [5.41, 5.74) is 4.17. The van der Waals surface area contributed by atoms with Crippen LogP contribution in [0.2, 0.25) is 0 Å². The molecule has 0 heterocycles. The largest absolute Gasteiger partial charge is 0.494 e. The maximum absolute atomic E-state index is 13.7. The molecule has 0 radical (unpaired) electrons. The Morgan fingerprint density at radius 2 is 1.62 bits per heavy atom. The standard InChI is InChI=1S/C26H28IN3O6S/c1-5-36-22-12-10-21(11-13-22)30(37(32,33)23-14-15-24(34-3)25(16-23)35-4)17-26(31)29-28-18(2)19-6-8-20(27)9-7-19/h6-16H,5,17H2,1-4H3,(H,29,31)/b28-18-. The van der Waals surface area contributed by atoms with Crippen molar-refractivity contribution in [3.63, 3.8) is 0 Å². The molecule has 3 aromatic rings. The molecule has 0 aliphatic rings. The highest BCUT2D eigenvalue weighted by molar-refractivity contribution is 14.1. The third kappa shape index (κ3) is 7.13. The van der Waals surface area contributed by atoms with Gasteiger partial charge in [0.05, 0.1) is 37.1 Å². The lowest BCUT2D eigenvalue weighted by Crippen LogP contribution is -2.39. The van der Waals surface area contributed by atoms with E-state index in [2.05, 4.69) is 33.1 Å². The third-order valence-electron chi connectivity index (χ3n) is 5.28. The molecule has 0 unspecified atom stereocenters. The van der Waals surface area contributed by atoms with Crippen LogP contribution in [-0.4, -0.2) is 47.4 Å². The quantitative estimate of drug-likeness (QED) is 0.189. The summed E-state index contributed by atoms with van der Waals surface area (Å²) < 4.78 is 45.5. The molecule has 196 valence electrons. The topological polar surface area (TPSA) is 107 Å². The smallest absolute Gasteiger partial charge is 0.264 e. The van der Waals surface area contributed by atoms with Crippen molar-refractivity contribution < 1.29 is 27.4 Å². The Labute approximate surface area is 230 Å². The number of carbonyl (C=O) groups is 1. The van der Waals surface area contributed by atoms with Crippen LogP contribution >= 0.6 is 22.6 Å². The molecule has 0 spiro atoms. The predicted molar refractivity (Wildman–Crippen MR) is 151 cm³/mol. The second-order valence-electron chi connectivity index (χ2n) is 7.69. The van der Waals surface area contributed by atoms with Gasteiger partial charge in [0.15, 0.2) is 11.5 Å². The van der Waals surface area contributed by atoms with Crippen molar-refractivity contribution >= 4 is 49.9 Å². The SMILES string of the molecule is CCOc1ccc(N(CC(=O)N/N=C(/C)c2ccc(I)cc2)S(=O)(=O)c2ccc(OC)c(OC)c2)cc1. The minimum atomic E-state index is -4.18. The summed E-state index contributed by atoms with van der Waals surface area (Å²) in [5, 5.41) is 4.15. The van der Waals surface area contributed by atoms with E-state index in [4.69, 9.17) is 14.2 Å². The third-order valence-corrected chi connectivity index (χ3v) is 7.77. The number of carbonyl (C=O) groups excluding carboxylic acids is 1. The lowest BCUT2D eigenvalue weighted by molar-refractivity contribution is -0.119. The van der Waals surface area contributed by atoms with E-state index in [1.54, 1.807) is 31.2 Å². The van der Waals surface area contributed by atoms with Crippen molar-refractivity contribution in [1.29, 1.82) is 0 Å². The maximum Gasteiger partial charge on any atom is 0.264 e. The second-order valence-corrected chi connectivity index (χ2v) is 10.8. The molecule has 0 bridgehead atoms. The summed E-state index contributed by atoms with van der Waals surface area (Å²) in [5.74, 6) is 0.601. The van der Waals surface area contributed by atoms with Crippen molar-refractivity contribution in [2.75, 3.05) is 31.7 Å². The second kappa shape index (κ2) is 12.8. The van der Waals surface area contributed by atoms with Gasteiger partial charge in [-0.15, -0.1) is 0 Å². The number of amides is 1. The molecule has 37 heavy (non-hydrogen) atoms.